The number of hydrogen-bond acceptors (Lipinski definition) is 6. The highest BCUT2D eigenvalue weighted by molar-refractivity contribution is 6.33. The molecule has 2 aromatic carbocycles. The molecule has 43 heavy (non-hydrogen) atoms. The second-order valence-corrected chi connectivity index (χ2v) is 12.0. The van der Waals surface area contributed by atoms with Gasteiger partial charge in [-0.15, -0.1) is 0 Å². The summed E-state index contributed by atoms with van der Waals surface area (Å²) in [7, 11) is 3.21. The van der Waals surface area contributed by atoms with E-state index in [1.165, 1.54) is 7.11 Å². The van der Waals surface area contributed by atoms with Crippen molar-refractivity contribution in [2.24, 2.45) is 5.92 Å². The van der Waals surface area contributed by atoms with Crippen LogP contribution in [0.5, 0.6) is 0 Å². The monoisotopic (exact) mass is 606 g/mol. The first kappa shape index (κ1) is 32.5. The number of pyridine rings is 1. The van der Waals surface area contributed by atoms with Crippen molar-refractivity contribution in [2.75, 3.05) is 33.8 Å². The minimum absolute atomic E-state index is 0.0514. The number of amides is 2. The van der Waals surface area contributed by atoms with Crippen LogP contribution in [0.1, 0.15) is 72.5 Å². The molecule has 4 rings (SSSR count). The van der Waals surface area contributed by atoms with Crippen molar-refractivity contribution < 1.29 is 19.4 Å². The zero-order chi connectivity index (χ0) is 31.0. The van der Waals surface area contributed by atoms with Crippen molar-refractivity contribution in [1.29, 1.82) is 0 Å². The van der Waals surface area contributed by atoms with Crippen LogP contribution in [-0.2, 0) is 16.9 Å². The summed E-state index contributed by atoms with van der Waals surface area (Å²) in [4.78, 5) is 31.6. The van der Waals surface area contributed by atoms with E-state index in [2.05, 4.69) is 41.6 Å². The Morgan fingerprint density at radius 1 is 1.19 bits per heavy atom. The van der Waals surface area contributed by atoms with Crippen LogP contribution < -0.4 is 10.6 Å². The largest absolute Gasteiger partial charge is 0.453 e. The molecule has 2 amide bonds. The average molecular weight is 607 g/mol. The molecule has 0 radical (unpaired) electrons. The first-order valence-electron chi connectivity index (χ1n) is 15.0. The maximum Gasteiger partial charge on any atom is 0.406 e. The molecule has 1 unspecified atom stereocenters. The Morgan fingerprint density at radius 2 is 1.95 bits per heavy atom. The molecule has 9 heteroatoms. The summed E-state index contributed by atoms with van der Waals surface area (Å²) in [5.74, 6) is -0.0128. The molecule has 0 aliphatic carbocycles. The van der Waals surface area contributed by atoms with Gasteiger partial charge in [-0.1, -0.05) is 61.8 Å². The quantitative estimate of drug-likeness (QED) is 0.227. The third-order valence-electron chi connectivity index (χ3n) is 8.36. The first-order chi connectivity index (χ1) is 20.7. The van der Waals surface area contributed by atoms with Crippen LogP contribution in [0.15, 0.2) is 60.9 Å². The lowest BCUT2D eigenvalue weighted by Gasteiger charge is -2.43. The van der Waals surface area contributed by atoms with Crippen molar-refractivity contribution in [1.82, 2.24) is 20.5 Å². The van der Waals surface area contributed by atoms with Gasteiger partial charge in [0.2, 0.25) is 0 Å². The van der Waals surface area contributed by atoms with Crippen molar-refractivity contribution in [3.05, 3.63) is 88.2 Å². The number of alkyl carbamates (subject to hydrolysis) is 1. The fraction of sp³-hybridized carbons (Fsp3) is 0.441. The van der Waals surface area contributed by atoms with E-state index < -0.39 is 11.7 Å². The summed E-state index contributed by atoms with van der Waals surface area (Å²) in [5, 5.41) is 19.0. The summed E-state index contributed by atoms with van der Waals surface area (Å²) in [6, 6.07) is 15.9. The van der Waals surface area contributed by atoms with Crippen molar-refractivity contribution in [3.8, 4) is 11.1 Å². The average Bonchev–Trinajstić information content (AvgIpc) is 3.03. The number of aliphatic hydroxyl groups is 1. The molecule has 1 fully saturated rings. The Morgan fingerprint density at radius 3 is 2.65 bits per heavy atom. The molecule has 2 heterocycles. The van der Waals surface area contributed by atoms with Gasteiger partial charge >= 0.3 is 6.09 Å². The number of halogens is 1. The van der Waals surface area contributed by atoms with Gasteiger partial charge in [-0.2, -0.15) is 0 Å². The first-order valence-corrected chi connectivity index (χ1v) is 15.4. The number of benzene rings is 2. The molecular weight excluding hydrogens is 564 g/mol. The Bertz CT molecular complexity index is 1400. The van der Waals surface area contributed by atoms with E-state index in [1.807, 2.05) is 48.3 Å². The fourth-order valence-electron chi connectivity index (χ4n) is 5.99. The van der Waals surface area contributed by atoms with Crippen molar-refractivity contribution >= 4 is 23.6 Å². The molecule has 0 saturated carbocycles. The number of nitrogens with zero attached hydrogens (tertiary/aromatic N) is 2. The van der Waals surface area contributed by atoms with E-state index >= 15 is 0 Å². The summed E-state index contributed by atoms with van der Waals surface area (Å²) < 4.78 is 4.72. The second kappa shape index (κ2) is 14.8. The van der Waals surface area contributed by atoms with Gasteiger partial charge in [0.05, 0.1) is 17.7 Å². The van der Waals surface area contributed by atoms with Crippen LogP contribution in [0.4, 0.5) is 4.79 Å². The topological polar surface area (TPSA) is 104 Å². The van der Waals surface area contributed by atoms with Gasteiger partial charge < -0.3 is 25.4 Å². The molecule has 1 aliphatic rings. The van der Waals surface area contributed by atoms with Gasteiger partial charge in [0, 0.05) is 61.2 Å². The SMILES string of the molecule is CNCc1ccc(C(=O)N2CCC[C@@H](C(O)(CCCNC(=O)OC)c3cncc(Cl)c3-c3cccc(C(C)C)c3)C2)cc1. The zero-order valence-corrected chi connectivity index (χ0v) is 26.3. The van der Waals surface area contributed by atoms with Crippen molar-refractivity contribution in [2.45, 2.75) is 57.6 Å². The van der Waals surface area contributed by atoms with E-state index in [9.17, 15) is 14.7 Å². The minimum Gasteiger partial charge on any atom is -0.453 e. The molecule has 3 N–H and O–H groups in total. The van der Waals surface area contributed by atoms with Crippen LogP contribution in [0, 0.1) is 5.92 Å². The van der Waals surface area contributed by atoms with Gasteiger partial charge in [0.1, 0.15) is 0 Å². The molecule has 1 saturated heterocycles. The van der Waals surface area contributed by atoms with Crippen LogP contribution in [0.2, 0.25) is 5.02 Å². The highest BCUT2D eigenvalue weighted by Crippen LogP contribution is 2.45. The minimum atomic E-state index is -1.37. The highest BCUT2D eigenvalue weighted by atomic mass is 35.5. The molecule has 1 aromatic heterocycles. The summed E-state index contributed by atoms with van der Waals surface area (Å²) in [6.07, 6.45) is 5.10. The number of piperidine rings is 1. The standard InChI is InChI=1S/C34H43ClN4O4/c1-23(2)26-8-5-9-27(18-26)31-29(20-37-21-30(31)35)34(42,15-7-16-38-33(41)43-4)28-10-6-17-39(22-28)32(40)25-13-11-24(12-14-25)19-36-3/h5,8-9,11-14,18,20-21,23,28,36,42H,6-7,10,15-17,19,22H2,1-4H3,(H,38,41)/t28-,34?/m1/s1. The number of methoxy groups -OCH3 is 1. The van der Waals surface area contributed by atoms with Crippen molar-refractivity contribution in [3.63, 3.8) is 0 Å². The lowest BCUT2D eigenvalue weighted by molar-refractivity contribution is -0.0565. The Kier molecular flexibility index (Phi) is 11.2. The number of rotatable bonds is 11. The number of likely N-dealkylation sites (tertiary alicyclic amines) is 1. The number of aromatic nitrogens is 1. The van der Waals surface area contributed by atoms with Crippen LogP contribution >= 0.6 is 11.6 Å². The van der Waals surface area contributed by atoms with Crippen LogP contribution in [0.25, 0.3) is 11.1 Å². The van der Waals surface area contributed by atoms with Crippen LogP contribution in [0.3, 0.4) is 0 Å². The Labute approximate surface area is 259 Å². The maximum absolute atomic E-state index is 13.6. The molecule has 0 bridgehead atoms. The lowest BCUT2D eigenvalue weighted by Crippen LogP contribution is -2.48. The normalized spacial score (nSPS) is 16.5. The molecule has 3 aromatic rings. The molecular formula is C34H43ClN4O4. The predicted molar refractivity (Wildman–Crippen MR) is 170 cm³/mol. The van der Waals surface area contributed by atoms with E-state index in [-0.39, 0.29) is 11.8 Å². The fourth-order valence-corrected chi connectivity index (χ4v) is 6.26. The number of carbonyl (C=O) groups is 2. The van der Waals surface area contributed by atoms with E-state index in [0.717, 1.165) is 41.6 Å². The maximum atomic E-state index is 13.6. The van der Waals surface area contributed by atoms with Gasteiger partial charge in [-0.3, -0.25) is 9.78 Å². The number of ether oxygens (including phenoxy) is 1. The van der Waals surface area contributed by atoms with E-state index in [1.54, 1.807) is 12.4 Å². The number of hydrogen-bond donors (Lipinski definition) is 3. The predicted octanol–water partition coefficient (Wildman–Crippen LogP) is 6.12. The summed E-state index contributed by atoms with van der Waals surface area (Å²) in [5.41, 5.74) is 3.81. The molecule has 8 nitrogen and oxygen atoms in total. The van der Waals surface area contributed by atoms with Crippen LogP contribution in [-0.4, -0.2) is 60.8 Å². The zero-order valence-electron chi connectivity index (χ0n) is 25.5. The van der Waals surface area contributed by atoms with Gasteiger partial charge in [0.15, 0.2) is 0 Å². The number of carbonyl (C=O) groups excluding carboxylic acids is 2. The van der Waals surface area contributed by atoms with E-state index in [0.29, 0.717) is 54.5 Å². The third-order valence-corrected chi connectivity index (χ3v) is 8.65. The lowest BCUT2D eigenvalue weighted by atomic mass is 9.72. The molecule has 2 atom stereocenters. The Hall–Kier alpha value is -3.46. The number of nitrogens with one attached hydrogen (secondary N) is 2. The highest BCUT2D eigenvalue weighted by Gasteiger charge is 2.43. The van der Waals surface area contributed by atoms with Gasteiger partial charge in [-0.05, 0) is 67.5 Å². The van der Waals surface area contributed by atoms with E-state index in [4.69, 9.17) is 16.3 Å². The molecule has 1 aliphatic heterocycles. The second-order valence-electron chi connectivity index (χ2n) is 11.6. The van der Waals surface area contributed by atoms with Gasteiger partial charge in [-0.25, -0.2) is 4.79 Å². The van der Waals surface area contributed by atoms with Gasteiger partial charge in [0.25, 0.3) is 5.91 Å². The Balaban J connectivity index is 1.70. The third kappa shape index (κ3) is 7.74. The summed E-state index contributed by atoms with van der Waals surface area (Å²) >= 11 is 6.84. The smallest absolute Gasteiger partial charge is 0.406 e. The molecule has 230 valence electrons. The summed E-state index contributed by atoms with van der Waals surface area (Å²) in [6.45, 7) is 6.34. The molecule has 0 spiro atoms.